The number of carbonyl (C=O) groups is 1. The summed E-state index contributed by atoms with van der Waals surface area (Å²) in [6.07, 6.45) is 1.84. The van der Waals surface area contributed by atoms with Crippen LogP contribution in [0.3, 0.4) is 0 Å². The number of aliphatic carboxylic acids is 1. The van der Waals surface area contributed by atoms with E-state index in [9.17, 15) is 14.3 Å². The fourth-order valence-corrected chi connectivity index (χ4v) is 3.59. The number of aromatic hydroxyl groups is 1. The second-order valence-electron chi connectivity index (χ2n) is 7.79. The smallest absolute Gasteiger partial charge is 0.303 e. The Labute approximate surface area is 193 Å². The van der Waals surface area contributed by atoms with E-state index in [-0.39, 0.29) is 18.0 Å². The van der Waals surface area contributed by atoms with Gasteiger partial charge in [0.2, 0.25) is 6.29 Å². The molecule has 0 radical (unpaired) electrons. The molecule has 3 rings (SSSR count). The molecule has 0 saturated carbocycles. The largest absolute Gasteiger partial charge is 0.507 e. The van der Waals surface area contributed by atoms with Crippen LogP contribution in [0.4, 0.5) is 4.39 Å². The summed E-state index contributed by atoms with van der Waals surface area (Å²) in [5.74, 6) is -0.0665. The van der Waals surface area contributed by atoms with Crippen LogP contribution in [-0.2, 0) is 17.6 Å². The molecule has 0 aromatic heterocycles. The standard InChI is InChI=1S/C27H29FO5/c1-3-7-27(32-24-9-6-5-8-20(24)12-15-26(30)31)33-25-17-23(29)22(16-18(25)4-2)19-10-13-21(28)14-11-19/h5-6,8-11,13-14,16-17,27,29H,3-4,7,12,15H2,1-2H3,(H,30,31). The lowest BCUT2D eigenvalue weighted by molar-refractivity contribution is -0.136. The van der Waals surface area contributed by atoms with E-state index < -0.39 is 12.3 Å². The Hall–Kier alpha value is -3.54. The Morgan fingerprint density at radius 2 is 1.67 bits per heavy atom. The fraction of sp³-hybridized carbons (Fsp3) is 0.296. The molecular weight excluding hydrogens is 423 g/mol. The molecule has 3 aromatic rings. The molecule has 0 spiro atoms. The molecular formula is C27H29FO5. The van der Waals surface area contributed by atoms with Crippen LogP contribution in [0.2, 0.25) is 0 Å². The van der Waals surface area contributed by atoms with Gasteiger partial charge in [0.25, 0.3) is 0 Å². The van der Waals surface area contributed by atoms with Crippen molar-refractivity contribution in [3.05, 3.63) is 77.6 Å². The number of phenols is 1. The minimum Gasteiger partial charge on any atom is -0.507 e. The van der Waals surface area contributed by atoms with Crippen LogP contribution in [-0.4, -0.2) is 22.5 Å². The Morgan fingerprint density at radius 1 is 0.970 bits per heavy atom. The van der Waals surface area contributed by atoms with Crippen LogP contribution < -0.4 is 9.47 Å². The van der Waals surface area contributed by atoms with E-state index in [0.717, 1.165) is 17.5 Å². The fourth-order valence-electron chi connectivity index (χ4n) is 3.59. The first-order valence-electron chi connectivity index (χ1n) is 11.2. The molecule has 1 atom stereocenters. The van der Waals surface area contributed by atoms with E-state index in [1.807, 2.05) is 38.1 Å². The molecule has 1 unspecified atom stereocenters. The topological polar surface area (TPSA) is 76.0 Å². The van der Waals surface area contributed by atoms with Crippen molar-refractivity contribution < 1.29 is 28.9 Å². The van der Waals surface area contributed by atoms with Crippen molar-refractivity contribution in [3.8, 4) is 28.4 Å². The molecule has 2 N–H and O–H groups in total. The molecule has 5 nitrogen and oxygen atoms in total. The number of halogens is 1. The van der Waals surface area contributed by atoms with Gasteiger partial charge in [-0.05, 0) is 60.2 Å². The summed E-state index contributed by atoms with van der Waals surface area (Å²) in [6, 6.07) is 16.7. The summed E-state index contributed by atoms with van der Waals surface area (Å²) in [5, 5.41) is 19.7. The summed E-state index contributed by atoms with van der Waals surface area (Å²) in [6.45, 7) is 4.01. The van der Waals surface area contributed by atoms with Gasteiger partial charge >= 0.3 is 5.97 Å². The molecule has 0 fully saturated rings. The summed E-state index contributed by atoms with van der Waals surface area (Å²) in [4.78, 5) is 11.0. The van der Waals surface area contributed by atoms with Gasteiger partial charge in [-0.3, -0.25) is 4.79 Å². The number of rotatable bonds is 11. The van der Waals surface area contributed by atoms with Crippen LogP contribution in [0.5, 0.6) is 17.2 Å². The third kappa shape index (κ3) is 6.48. The molecule has 0 bridgehead atoms. The van der Waals surface area contributed by atoms with Gasteiger partial charge < -0.3 is 19.7 Å². The van der Waals surface area contributed by atoms with Gasteiger partial charge in [-0.1, -0.05) is 44.2 Å². The highest BCUT2D eigenvalue weighted by molar-refractivity contribution is 5.72. The second-order valence-corrected chi connectivity index (χ2v) is 7.79. The average molecular weight is 453 g/mol. The van der Waals surface area contributed by atoms with Gasteiger partial charge in [0.15, 0.2) is 0 Å². The molecule has 6 heteroatoms. The molecule has 0 aliphatic rings. The normalized spacial score (nSPS) is 11.7. The van der Waals surface area contributed by atoms with E-state index in [1.165, 1.54) is 12.1 Å². The predicted octanol–water partition coefficient (Wildman–Crippen LogP) is 6.36. The number of phenolic OH excluding ortho intramolecular Hbond substituents is 1. The summed E-state index contributed by atoms with van der Waals surface area (Å²) in [7, 11) is 0. The van der Waals surface area contributed by atoms with Gasteiger partial charge in [-0.15, -0.1) is 0 Å². The van der Waals surface area contributed by atoms with Crippen LogP contribution in [0, 0.1) is 5.82 Å². The van der Waals surface area contributed by atoms with Crippen molar-refractivity contribution in [2.75, 3.05) is 0 Å². The lowest BCUT2D eigenvalue weighted by atomic mass is 10.00. The maximum atomic E-state index is 13.3. The molecule has 174 valence electrons. The highest BCUT2D eigenvalue weighted by Gasteiger charge is 2.18. The van der Waals surface area contributed by atoms with Gasteiger partial charge in [0, 0.05) is 24.5 Å². The molecule has 0 saturated heterocycles. The third-order valence-corrected chi connectivity index (χ3v) is 5.34. The summed E-state index contributed by atoms with van der Waals surface area (Å²) < 4.78 is 25.6. The number of para-hydroxylation sites is 1. The zero-order valence-electron chi connectivity index (χ0n) is 18.9. The Balaban J connectivity index is 1.86. The number of carboxylic acid groups (broad SMARTS) is 1. The van der Waals surface area contributed by atoms with Gasteiger partial charge in [0.05, 0.1) is 0 Å². The second kappa shape index (κ2) is 11.4. The zero-order valence-corrected chi connectivity index (χ0v) is 18.9. The Kier molecular flexibility index (Phi) is 8.30. The first kappa shape index (κ1) is 24.1. The lowest BCUT2D eigenvalue weighted by Crippen LogP contribution is -2.25. The first-order valence-corrected chi connectivity index (χ1v) is 11.2. The van der Waals surface area contributed by atoms with E-state index in [1.54, 1.807) is 24.3 Å². The molecule has 0 aliphatic heterocycles. The van der Waals surface area contributed by atoms with Gasteiger partial charge in [-0.25, -0.2) is 4.39 Å². The van der Waals surface area contributed by atoms with Crippen molar-refractivity contribution in [2.24, 2.45) is 0 Å². The quantitative estimate of drug-likeness (QED) is 0.331. The zero-order chi connectivity index (χ0) is 23.8. The van der Waals surface area contributed by atoms with Crippen molar-refractivity contribution in [1.82, 2.24) is 0 Å². The Bertz CT molecular complexity index is 1080. The molecule has 3 aromatic carbocycles. The van der Waals surface area contributed by atoms with Crippen molar-refractivity contribution in [1.29, 1.82) is 0 Å². The van der Waals surface area contributed by atoms with E-state index in [0.29, 0.717) is 41.9 Å². The van der Waals surface area contributed by atoms with Gasteiger partial charge in [0.1, 0.15) is 23.1 Å². The maximum absolute atomic E-state index is 13.3. The summed E-state index contributed by atoms with van der Waals surface area (Å²) >= 11 is 0. The minimum atomic E-state index is -0.865. The number of hydrogen-bond donors (Lipinski definition) is 2. The van der Waals surface area contributed by atoms with E-state index in [2.05, 4.69) is 0 Å². The number of aryl methyl sites for hydroxylation is 2. The monoisotopic (exact) mass is 452 g/mol. The van der Waals surface area contributed by atoms with Crippen LogP contribution >= 0.6 is 0 Å². The predicted molar refractivity (Wildman–Crippen MR) is 125 cm³/mol. The average Bonchev–Trinajstić information content (AvgIpc) is 2.79. The highest BCUT2D eigenvalue weighted by atomic mass is 19.1. The van der Waals surface area contributed by atoms with E-state index in [4.69, 9.17) is 14.6 Å². The molecule has 0 aliphatic carbocycles. The number of hydrogen-bond acceptors (Lipinski definition) is 4. The summed E-state index contributed by atoms with van der Waals surface area (Å²) in [5.41, 5.74) is 3.00. The highest BCUT2D eigenvalue weighted by Crippen LogP contribution is 2.37. The van der Waals surface area contributed by atoms with Crippen molar-refractivity contribution in [2.45, 2.75) is 52.2 Å². The lowest BCUT2D eigenvalue weighted by Gasteiger charge is -2.23. The van der Waals surface area contributed by atoms with Crippen LogP contribution in [0.15, 0.2) is 60.7 Å². The minimum absolute atomic E-state index is 0.0123. The SMILES string of the molecule is CCCC(Oc1cc(O)c(-c2ccc(F)cc2)cc1CC)Oc1ccccc1CCC(=O)O. The number of carboxylic acids is 1. The van der Waals surface area contributed by atoms with E-state index >= 15 is 0 Å². The first-order chi connectivity index (χ1) is 15.9. The van der Waals surface area contributed by atoms with Crippen molar-refractivity contribution in [3.63, 3.8) is 0 Å². The maximum Gasteiger partial charge on any atom is 0.303 e. The van der Waals surface area contributed by atoms with Crippen LogP contribution in [0.25, 0.3) is 11.1 Å². The molecule has 0 amide bonds. The number of benzene rings is 3. The van der Waals surface area contributed by atoms with Gasteiger partial charge in [-0.2, -0.15) is 0 Å². The van der Waals surface area contributed by atoms with Crippen LogP contribution in [0.1, 0.15) is 44.2 Å². The molecule has 0 heterocycles. The molecule has 33 heavy (non-hydrogen) atoms. The third-order valence-electron chi connectivity index (χ3n) is 5.34. The Morgan fingerprint density at radius 3 is 2.33 bits per heavy atom. The number of ether oxygens (including phenoxy) is 2. The van der Waals surface area contributed by atoms with Crippen molar-refractivity contribution >= 4 is 5.97 Å².